The first-order valence-corrected chi connectivity index (χ1v) is 7.61. The van der Waals surface area contributed by atoms with E-state index in [-0.39, 0.29) is 17.6 Å². The first-order chi connectivity index (χ1) is 11.1. The van der Waals surface area contributed by atoms with Gasteiger partial charge in [0.2, 0.25) is 0 Å². The Hall–Kier alpha value is -2.48. The van der Waals surface area contributed by atoms with Crippen molar-refractivity contribution >= 4 is 5.91 Å². The molecule has 0 aliphatic carbocycles. The fourth-order valence-electron chi connectivity index (χ4n) is 2.63. The number of nitrogens with zero attached hydrogens (tertiary/aromatic N) is 4. The Morgan fingerprint density at radius 3 is 3.00 bits per heavy atom. The lowest BCUT2D eigenvalue weighted by atomic mass is 10.1. The first-order valence-electron chi connectivity index (χ1n) is 7.61. The Labute approximate surface area is 133 Å². The zero-order valence-corrected chi connectivity index (χ0v) is 13.2. The van der Waals surface area contributed by atoms with E-state index in [2.05, 4.69) is 15.3 Å². The van der Waals surface area contributed by atoms with Gasteiger partial charge in [-0.1, -0.05) is 6.92 Å². The third-order valence-corrected chi connectivity index (χ3v) is 4.00. The van der Waals surface area contributed by atoms with Crippen LogP contribution in [0.15, 0.2) is 23.1 Å². The molecule has 3 heterocycles. The summed E-state index contributed by atoms with van der Waals surface area (Å²) in [4.78, 5) is 25.6. The molecule has 3 rings (SSSR count). The number of nitrogens with one attached hydrogen (secondary N) is 1. The summed E-state index contributed by atoms with van der Waals surface area (Å²) < 4.78 is 7.14. The summed E-state index contributed by atoms with van der Waals surface area (Å²) in [6.07, 6.45) is 2.51. The number of aromatic amines is 1. The zero-order valence-electron chi connectivity index (χ0n) is 13.2. The molecule has 1 amide bonds. The molecule has 1 N–H and O–H groups in total. The smallest absolute Gasteiger partial charge is 0.264 e. The highest BCUT2D eigenvalue weighted by Crippen LogP contribution is 2.16. The summed E-state index contributed by atoms with van der Waals surface area (Å²) >= 11 is 0. The Morgan fingerprint density at radius 1 is 1.48 bits per heavy atom. The van der Waals surface area contributed by atoms with Crippen LogP contribution in [0.2, 0.25) is 0 Å². The van der Waals surface area contributed by atoms with E-state index < -0.39 is 0 Å². The predicted octanol–water partition coefficient (Wildman–Crippen LogP) is 0.515. The zero-order chi connectivity index (χ0) is 16.4. The second-order valence-corrected chi connectivity index (χ2v) is 5.49. The number of rotatable bonds is 3. The molecule has 8 heteroatoms. The van der Waals surface area contributed by atoms with E-state index in [4.69, 9.17) is 4.74 Å². The molecular formula is C15H19N5O3. The van der Waals surface area contributed by atoms with Gasteiger partial charge in [0.15, 0.2) is 5.82 Å². The minimum atomic E-state index is -0.284. The highest BCUT2D eigenvalue weighted by atomic mass is 16.5. The molecule has 2 aromatic heterocycles. The van der Waals surface area contributed by atoms with Crippen molar-refractivity contribution in [3.05, 3.63) is 39.9 Å². The number of hydrogen-bond acceptors (Lipinski definition) is 5. The van der Waals surface area contributed by atoms with Crippen LogP contribution in [0.3, 0.4) is 0 Å². The predicted molar refractivity (Wildman–Crippen MR) is 82.7 cm³/mol. The highest BCUT2D eigenvalue weighted by Gasteiger charge is 2.26. The van der Waals surface area contributed by atoms with E-state index in [1.807, 2.05) is 13.8 Å². The quantitative estimate of drug-likeness (QED) is 0.890. The van der Waals surface area contributed by atoms with E-state index in [1.54, 1.807) is 21.8 Å². The lowest BCUT2D eigenvalue weighted by molar-refractivity contribution is -0.0226. The molecule has 1 aliphatic rings. The molecule has 2 aromatic rings. The second kappa shape index (κ2) is 6.33. The van der Waals surface area contributed by atoms with Crippen molar-refractivity contribution in [2.45, 2.75) is 26.4 Å². The van der Waals surface area contributed by atoms with Crippen molar-refractivity contribution in [1.29, 1.82) is 0 Å². The van der Waals surface area contributed by atoms with Gasteiger partial charge < -0.3 is 9.64 Å². The Morgan fingerprint density at radius 2 is 2.30 bits per heavy atom. The van der Waals surface area contributed by atoms with Crippen LogP contribution in [-0.2, 0) is 4.74 Å². The number of hydrogen-bond donors (Lipinski definition) is 1. The summed E-state index contributed by atoms with van der Waals surface area (Å²) in [6, 6.07) is 2.94. The van der Waals surface area contributed by atoms with Crippen LogP contribution in [0.4, 0.5) is 0 Å². The Kier molecular flexibility index (Phi) is 4.24. The maximum Gasteiger partial charge on any atom is 0.264 e. The van der Waals surface area contributed by atoms with Crippen molar-refractivity contribution in [3.8, 4) is 5.82 Å². The van der Waals surface area contributed by atoms with Crippen molar-refractivity contribution in [2.75, 3.05) is 19.7 Å². The Balaban J connectivity index is 1.85. The van der Waals surface area contributed by atoms with Gasteiger partial charge in [0.05, 0.1) is 30.2 Å². The Bertz CT molecular complexity index is 746. The standard InChI is InChI=1S/C15H19N5O3/c1-3-11-9-19(6-7-23-11)15(22)12-8-16-20(10(12)2)13-4-5-14(21)18-17-13/h4-5,8,11H,3,6-7,9H2,1-2H3,(H,18,21)/t11-/m0/s1. The third kappa shape index (κ3) is 3.02. The fourth-order valence-corrected chi connectivity index (χ4v) is 2.63. The summed E-state index contributed by atoms with van der Waals surface area (Å²) in [5.74, 6) is 0.412. The number of morpholine rings is 1. The van der Waals surface area contributed by atoms with Crippen molar-refractivity contribution in [2.24, 2.45) is 0 Å². The van der Waals surface area contributed by atoms with Gasteiger partial charge in [-0.3, -0.25) is 9.59 Å². The average molecular weight is 317 g/mol. The van der Waals surface area contributed by atoms with Gasteiger partial charge >= 0.3 is 0 Å². The van der Waals surface area contributed by atoms with Gasteiger partial charge in [-0.05, 0) is 19.4 Å². The molecule has 1 aliphatic heterocycles. The van der Waals surface area contributed by atoms with Crippen molar-refractivity contribution in [1.82, 2.24) is 24.9 Å². The summed E-state index contributed by atoms with van der Waals surface area (Å²) in [5, 5.41) is 10.5. The summed E-state index contributed by atoms with van der Waals surface area (Å²) in [5.41, 5.74) is 0.942. The molecule has 122 valence electrons. The molecule has 1 atom stereocenters. The van der Waals surface area contributed by atoms with Gasteiger partial charge in [0.25, 0.3) is 11.5 Å². The number of aromatic nitrogens is 4. The minimum absolute atomic E-state index is 0.0556. The normalized spacial score (nSPS) is 18.2. The maximum absolute atomic E-state index is 12.7. The molecule has 1 fully saturated rings. The van der Waals surface area contributed by atoms with Gasteiger partial charge in [-0.2, -0.15) is 10.2 Å². The van der Waals surface area contributed by atoms with Gasteiger partial charge in [-0.15, -0.1) is 0 Å². The number of carbonyl (C=O) groups excluding carboxylic acids is 1. The van der Waals surface area contributed by atoms with Crippen LogP contribution in [0, 0.1) is 6.92 Å². The number of carbonyl (C=O) groups is 1. The number of amides is 1. The molecule has 0 spiro atoms. The van der Waals surface area contributed by atoms with E-state index in [0.717, 1.165) is 6.42 Å². The summed E-state index contributed by atoms with van der Waals surface area (Å²) in [7, 11) is 0. The van der Waals surface area contributed by atoms with Crippen molar-refractivity contribution < 1.29 is 9.53 Å². The maximum atomic E-state index is 12.7. The van der Waals surface area contributed by atoms with E-state index >= 15 is 0 Å². The first kappa shape index (κ1) is 15.4. The molecular weight excluding hydrogens is 298 g/mol. The van der Waals surface area contributed by atoms with E-state index in [9.17, 15) is 9.59 Å². The second-order valence-electron chi connectivity index (χ2n) is 5.49. The van der Waals surface area contributed by atoms with Crippen LogP contribution < -0.4 is 5.56 Å². The van der Waals surface area contributed by atoms with E-state index in [1.165, 1.54) is 6.07 Å². The highest BCUT2D eigenvalue weighted by molar-refractivity contribution is 5.95. The van der Waals surface area contributed by atoms with Gasteiger partial charge in [0, 0.05) is 19.2 Å². The third-order valence-electron chi connectivity index (χ3n) is 4.00. The van der Waals surface area contributed by atoms with Crippen molar-refractivity contribution in [3.63, 3.8) is 0 Å². The van der Waals surface area contributed by atoms with Gasteiger partial charge in [0.1, 0.15) is 0 Å². The fraction of sp³-hybridized carbons (Fsp3) is 0.467. The topological polar surface area (TPSA) is 93.1 Å². The van der Waals surface area contributed by atoms with Gasteiger partial charge in [-0.25, -0.2) is 9.78 Å². The monoisotopic (exact) mass is 317 g/mol. The number of ether oxygens (including phenoxy) is 1. The van der Waals surface area contributed by atoms with E-state index in [0.29, 0.717) is 36.8 Å². The molecule has 0 radical (unpaired) electrons. The molecule has 23 heavy (non-hydrogen) atoms. The molecule has 0 aromatic carbocycles. The van der Waals surface area contributed by atoms with Crippen LogP contribution >= 0.6 is 0 Å². The van der Waals surface area contributed by atoms with Crippen LogP contribution in [-0.4, -0.2) is 56.6 Å². The lowest BCUT2D eigenvalue weighted by Gasteiger charge is -2.32. The average Bonchev–Trinajstić information content (AvgIpc) is 2.96. The minimum Gasteiger partial charge on any atom is -0.375 e. The summed E-state index contributed by atoms with van der Waals surface area (Å²) in [6.45, 7) is 5.58. The van der Waals surface area contributed by atoms with Crippen LogP contribution in [0.5, 0.6) is 0 Å². The lowest BCUT2D eigenvalue weighted by Crippen LogP contribution is -2.45. The number of H-pyrrole nitrogens is 1. The molecule has 0 unspecified atom stereocenters. The molecule has 1 saturated heterocycles. The largest absolute Gasteiger partial charge is 0.375 e. The van der Waals surface area contributed by atoms with Crippen LogP contribution in [0.25, 0.3) is 5.82 Å². The molecule has 0 bridgehead atoms. The molecule has 0 saturated carbocycles. The molecule has 8 nitrogen and oxygen atoms in total. The SMILES string of the molecule is CC[C@H]1CN(C(=O)c2cnn(-c3ccc(=O)[nH]n3)c2C)CCO1. The van der Waals surface area contributed by atoms with Crippen LogP contribution in [0.1, 0.15) is 29.4 Å².